The van der Waals surface area contributed by atoms with E-state index in [1.54, 1.807) is 36.4 Å². The number of carbonyl (C=O) groups is 2. The molecule has 1 saturated heterocycles. The number of aliphatic carboxylic acids is 1. The summed E-state index contributed by atoms with van der Waals surface area (Å²) in [6.07, 6.45) is 1.76. The zero-order chi connectivity index (χ0) is 19.6. The normalized spacial score (nSPS) is 17.0. The lowest BCUT2D eigenvalue weighted by Crippen LogP contribution is -2.37. The molecule has 2 aromatic carbocycles. The highest BCUT2D eigenvalue weighted by molar-refractivity contribution is 8.26. The van der Waals surface area contributed by atoms with Crippen LogP contribution in [-0.2, 0) is 9.59 Å². The Hall–Kier alpha value is -2.44. The number of thiocarbonyl (C=S) groups is 1. The third kappa shape index (κ3) is 4.12. The molecule has 2 aromatic rings. The molecule has 27 heavy (non-hydrogen) atoms. The quantitative estimate of drug-likeness (QED) is 0.578. The van der Waals surface area contributed by atoms with E-state index in [1.165, 1.54) is 10.5 Å². The van der Waals surface area contributed by atoms with Crippen LogP contribution >= 0.6 is 24.0 Å². The zero-order valence-electron chi connectivity index (χ0n) is 15.0. The number of hydrogen-bond donors (Lipinski definition) is 1. The van der Waals surface area contributed by atoms with Crippen LogP contribution in [0.4, 0.5) is 0 Å². The lowest BCUT2D eigenvalue weighted by molar-refractivity contribution is -0.145. The SMILES string of the molecule is CC(C)c1ccc(/C=C2\SC(=S)N(C(C(=O)O)c3ccccc3)C2=O)cc1. The second kappa shape index (κ2) is 8.06. The molecule has 1 aliphatic heterocycles. The molecule has 0 aromatic heterocycles. The zero-order valence-corrected chi connectivity index (χ0v) is 16.6. The van der Waals surface area contributed by atoms with Gasteiger partial charge in [-0.2, -0.15) is 0 Å². The third-order valence-electron chi connectivity index (χ3n) is 4.33. The van der Waals surface area contributed by atoms with Crippen molar-refractivity contribution in [2.24, 2.45) is 0 Å². The first-order valence-electron chi connectivity index (χ1n) is 8.53. The number of benzene rings is 2. The summed E-state index contributed by atoms with van der Waals surface area (Å²) < 4.78 is 0.251. The predicted molar refractivity (Wildman–Crippen MR) is 112 cm³/mol. The molecule has 0 aliphatic carbocycles. The monoisotopic (exact) mass is 397 g/mol. The Morgan fingerprint density at radius 2 is 1.70 bits per heavy atom. The summed E-state index contributed by atoms with van der Waals surface area (Å²) in [4.78, 5) is 26.4. The van der Waals surface area contributed by atoms with E-state index in [9.17, 15) is 14.7 Å². The Kier molecular flexibility index (Phi) is 5.77. The van der Waals surface area contributed by atoms with Gasteiger partial charge >= 0.3 is 5.97 Å². The van der Waals surface area contributed by atoms with Crippen LogP contribution in [-0.4, -0.2) is 26.2 Å². The maximum absolute atomic E-state index is 12.9. The van der Waals surface area contributed by atoms with Gasteiger partial charge < -0.3 is 5.11 Å². The minimum atomic E-state index is -1.13. The summed E-state index contributed by atoms with van der Waals surface area (Å²) in [5, 5.41) is 9.70. The molecule has 0 bridgehead atoms. The fourth-order valence-electron chi connectivity index (χ4n) is 2.87. The highest BCUT2D eigenvalue weighted by Crippen LogP contribution is 2.38. The van der Waals surface area contributed by atoms with E-state index in [1.807, 2.05) is 24.3 Å². The van der Waals surface area contributed by atoms with Crippen LogP contribution in [0.1, 0.15) is 42.5 Å². The first-order valence-corrected chi connectivity index (χ1v) is 9.75. The molecule has 1 heterocycles. The first kappa shape index (κ1) is 19.3. The Morgan fingerprint density at radius 3 is 2.26 bits per heavy atom. The molecule has 138 valence electrons. The molecule has 1 unspecified atom stereocenters. The topological polar surface area (TPSA) is 57.6 Å². The van der Waals surface area contributed by atoms with Crippen LogP contribution in [0.25, 0.3) is 6.08 Å². The lowest BCUT2D eigenvalue weighted by atomic mass is 10.0. The van der Waals surface area contributed by atoms with Crippen molar-refractivity contribution in [3.63, 3.8) is 0 Å². The standard InChI is InChI=1S/C21H19NO3S2/c1-13(2)15-10-8-14(9-11-15)12-17-19(23)22(21(26)27-17)18(20(24)25)16-6-4-3-5-7-16/h3-13,18H,1-2H3,(H,24,25)/b17-12-. The van der Waals surface area contributed by atoms with Crippen LogP contribution < -0.4 is 0 Å². The highest BCUT2D eigenvalue weighted by atomic mass is 32.2. The van der Waals surface area contributed by atoms with Crippen LogP contribution in [0, 0.1) is 0 Å². The summed E-state index contributed by atoms with van der Waals surface area (Å²) in [5.41, 5.74) is 2.62. The van der Waals surface area contributed by atoms with E-state index in [-0.39, 0.29) is 10.2 Å². The van der Waals surface area contributed by atoms with Crippen molar-refractivity contribution >= 4 is 46.3 Å². The maximum Gasteiger partial charge on any atom is 0.331 e. The van der Waals surface area contributed by atoms with Crippen molar-refractivity contribution in [3.8, 4) is 0 Å². The molecule has 0 radical (unpaired) electrons. The van der Waals surface area contributed by atoms with Gasteiger partial charge in [-0.1, -0.05) is 92.4 Å². The third-order valence-corrected chi connectivity index (χ3v) is 5.66. The van der Waals surface area contributed by atoms with Crippen molar-refractivity contribution in [2.45, 2.75) is 25.8 Å². The minimum absolute atomic E-state index is 0.251. The van der Waals surface area contributed by atoms with E-state index in [0.717, 1.165) is 17.3 Å². The van der Waals surface area contributed by atoms with Gasteiger partial charge in [-0.15, -0.1) is 0 Å². The Morgan fingerprint density at radius 1 is 1.07 bits per heavy atom. The van der Waals surface area contributed by atoms with Crippen molar-refractivity contribution in [2.75, 3.05) is 0 Å². The highest BCUT2D eigenvalue weighted by Gasteiger charge is 2.41. The summed E-state index contributed by atoms with van der Waals surface area (Å²) >= 11 is 6.46. The van der Waals surface area contributed by atoms with Crippen LogP contribution in [0.15, 0.2) is 59.5 Å². The Balaban J connectivity index is 1.91. The van der Waals surface area contributed by atoms with E-state index < -0.39 is 12.0 Å². The smallest absolute Gasteiger partial charge is 0.331 e. The lowest BCUT2D eigenvalue weighted by Gasteiger charge is -2.23. The Labute approximate surface area is 167 Å². The molecular formula is C21H19NO3S2. The second-order valence-electron chi connectivity index (χ2n) is 6.52. The van der Waals surface area contributed by atoms with Crippen molar-refractivity contribution < 1.29 is 14.7 Å². The van der Waals surface area contributed by atoms with Gasteiger partial charge in [0.1, 0.15) is 4.32 Å². The molecule has 1 N–H and O–H groups in total. The fraction of sp³-hybridized carbons (Fsp3) is 0.190. The summed E-state index contributed by atoms with van der Waals surface area (Å²) in [6.45, 7) is 4.24. The van der Waals surface area contributed by atoms with Crippen LogP contribution in [0.5, 0.6) is 0 Å². The molecule has 4 nitrogen and oxygen atoms in total. The van der Waals surface area contributed by atoms with Gasteiger partial charge in [-0.05, 0) is 28.7 Å². The van der Waals surface area contributed by atoms with Crippen LogP contribution in [0.3, 0.4) is 0 Å². The second-order valence-corrected chi connectivity index (χ2v) is 8.20. The number of carboxylic acids is 1. The predicted octanol–water partition coefficient (Wildman–Crippen LogP) is 4.84. The molecule has 3 rings (SSSR count). The molecule has 0 spiro atoms. The van der Waals surface area contributed by atoms with Gasteiger partial charge in [0.15, 0.2) is 6.04 Å². The van der Waals surface area contributed by atoms with Gasteiger partial charge in [-0.3, -0.25) is 9.69 Å². The summed E-state index contributed by atoms with van der Waals surface area (Å²) in [7, 11) is 0. The van der Waals surface area contributed by atoms with Gasteiger partial charge in [-0.25, -0.2) is 4.79 Å². The average molecular weight is 398 g/mol. The summed E-state index contributed by atoms with van der Waals surface area (Å²) in [6, 6.07) is 15.5. The van der Waals surface area contributed by atoms with Gasteiger partial charge in [0.25, 0.3) is 5.91 Å². The van der Waals surface area contributed by atoms with Gasteiger partial charge in [0, 0.05) is 0 Å². The molecule has 1 amide bonds. The summed E-state index contributed by atoms with van der Waals surface area (Å²) in [5.74, 6) is -1.06. The largest absolute Gasteiger partial charge is 0.479 e. The van der Waals surface area contributed by atoms with E-state index in [4.69, 9.17) is 12.2 Å². The Bertz CT molecular complexity index is 905. The number of carboxylic acid groups (broad SMARTS) is 1. The minimum Gasteiger partial charge on any atom is -0.479 e. The first-order chi connectivity index (χ1) is 12.9. The average Bonchev–Trinajstić information content (AvgIpc) is 2.91. The number of rotatable bonds is 5. The van der Waals surface area contributed by atoms with Crippen LogP contribution in [0.2, 0.25) is 0 Å². The van der Waals surface area contributed by atoms with Crippen molar-refractivity contribution in [1.82, 2.24) is 4.90 Å². The number of thioether (sulfide) groups is 1. The number of carbonyl (C=O) groups excluding carboxylic acids is 1. The van der Waals surface area contributed by atoms with Gasteiger partial charge in [0.05, 0.1) is 4.91 Å². The van der Waals surface area contributed by atoms with E-state index in [2.05, 4.69) is 13.8 Å². The molecule has 0 saturated carbocycles. The van der Waals surface area contributed by atoms with E-state index >= 15 is 0 Å². The molecule has 1 atom stereocenters. The molecule has 1 aliphatic rings. The number of amides is 1. The maximum atomic E-state index is 12.9. The van der Waals surface area contributed by atoms with Crippen molar-refractivity contribution in [1.29, 1.82) is 0 Å². The number of nitrogens with zero attached hydrogens (tertiary/aromatic N) is 1. The molecule has 1 fully saturated rings. The number of hydrogen-bond acceptors (Lipinski definition) is 4. The van der Waals surface area contributed by atoms with Gasteiger partial charge in [0.2, 0.25) is 0 Å². The molecule has 6 heteroatoms. The molecular weight excluding hydrogens is 378 g/mol. The van der Waals surface area contributed by atoms with Crippen molar-refractivity contribution in [3.05, 3.63) is 76.2 Å². The fourth-order valence-corrected chi connectivity index (χ4v) is 4.18. The van der Waals surface area contributed by atoms with E-state index in [0.29, 0.717) is 16.4 Å².